The third-order valence-electron chi connectivity index (χ3n) is 2.84. The van der Waals surface area contributed by atoms with E-state index in [0.29, 0.717) is 17.3 Å². The Kier molecular flexibility index (Phi) is 2.40. The van der Waals surface area contributed by atoms with E-state index in [4.69, 9.17) is 5.73 Å². The largest absolute Gasteiger partial charge is 0.382 e. The van der Waals surface area contributed by atoms with Crippen molar-refractivity contribution in [2.45, 2.75) is 13.5 Å². The van der Waals surface area contributed by atoms with Crippen molar-refractivity contribution in [1.29, 1.82) is 0 Å². The summed E-state index contributed by atoms with van der Waals surface area (Å²) in [5.41, 5.74) is 6.54. The number of fused-ring (bicyclic) bond motifs is 1. The maximum atomic E-state index is 5.83. The Morgan fingerprint density at radius 3 is 2.72 bits per heavy atom. The maximum absolute atomic E-state index is 5.83. The fourth-order valence-corrected chi connectivity index (χ4v) is 1.97. The van der Waals surface area contributed by atoms with Crippen molar-refractivity contribution < 1.29 is 0 Å². The molecule has 0 bridgehead atoms. The summed E-state index contributed by atoms with van der Waals surface area (Å²) in [6.45, 7) is 2.74. The van der Waals surface area contributed by atoms with Crippen LogP contribution in [0.5, 0.6) is 0 Å². The summed E-state index contributed by atoms with van der Waals surface area (Å²) in [5.74, 6) is 1.14. The molecule has 2 N–H and O–H groups in total. The highest BCUT2D eigenvalue weighted by Crippen LogP contribution is 2.26. The molecule has 0 aliphatic carbocycles. The van der Waals surface area contributed by atoms with Crippen molar-refractivity contribution in [3.05, 3.63) is 30.6 Å². The normalized spacial score (nSPS) is 10.9. The molecule has 18 heavy (non-hydrogen) atoms. The number of rotatable bonds is 2. The number of nitrogens with zero attached hydrogens (tertiary/aromatic N) is 5. The lowest BCUT2D eigenvalue weighted by molar-refractivity contribution is 0.664. The molecule has 90 valence electrons. The maximum Gasteiger partial charge on any atom is 0.179 e. The number of hydrogen-bond acceptors (Lipinski definition) is 5. The van der Waals surface area contributed by atoms with Crippen LogP contribution >= 0.6 is 0 Å². The molecule has 2 heterocycles. The zero-order valence-corrected chi connectivity index (χ0v) is 9.91. The fraction of sp³-hybridized carbons (Fsp3) is 0.167. The van der Waals surface area contributed by atoms with Crippen LogP contribution in [0.2, 0.25) is 0 Å². The molecule has 0 saturated heterocycles. The second-order valence-corrected chi connectivity index (χ2v) is 3.88. The number of aromatic nitrogens is 5. The van der Waals surface area contributed by atoms with Crippen LogP contribution in [0.1, 0.15) is 6.92 Å². The Morgan fingerprint density at radius 1 is 1.17 bits per heavy atom. The van der Waals surface area contributed by atoms with E-state index in [0.717, 1.165) is 17.3 Å². The second kappa shape index (κ2) is 4.06. The fourth-order valence-electron chi connectivity index (χ4n) is 1.97. The Hall–Kier alpha value is -2.50. The van der Waals surface area contributed by atoms with E-state index in [1.165, 1.54) is 6.33 Å². The minimum absolute atomic E-state index is 0.428. The van der Waals surface area contributed by atoms with Crippen molar-refractivity contribution in [2.75, 3.05) is 5.73 Å². The lowest BCUT2D eigenvalue weighted by atomic mass is 10.1. The van der Waals surface area contributed by atoms with E-state index in [1.54, 1.807) is 4.68 Å². The van der Waals surface area contributed by atoms with Crippen molar-refractivity contribution in [3.63, 3.8) is 0 Å². The Labute approximate surface area is 103 Å². The van der Waals surface area contributed by atoms with Crippen molar-refractivity contribution in [3.8, 4) is 11.5 Å². The van der Waals surface area contributed by atoms with Crippen LogP contribution in [0, 0.1) is 0 Å². The summed E-state index contributed by atoms with van der Waals surface area (Å²) in [4.78, 5) is 4.25. The van der Waals surface area contributed by atoms with Crippen molar-refractivity contribution >= 4 is 16.6 Å². The second-order valence-electron chi connectivity index (χ2n) is 3.88. The molecule has 0 spiro atoms. The van der Waals surface area contributed by atoms with Gasteiger partial charge in [0.15, 0.2) is 11.6 Å². The van der Waals surface area contributed by atoms with Gasteiger partial charge in [-0.2, -0.15) is 5.10 Å². The summed E-state index contributed by atoms with van der Waals surface area (Å²) >= 11 is 0. The average molecular weight is 240 g/mol. The van der Waals surface area contributed by atoms with Gasteiger partial charge in [0.1, 0.15) is 12.0 Å². The van der Waals surface area contributed by atoms with Crippen LogP contribution in [0.3, 0.4) is 0 Å². The molecular formula is C12H12N6. The first-order valence-corrected chi connectivity index (χ1v) is 5.70. The molecule has 0 fully saturated rings. The molecule has 0 saturated carbocycles. The molecule has 1 aromatic carbocycles. The van der Waals surface area contributed by atoms with Crippen LogP contribution < -0.4 is 5.73 Å². The molecule has 0 aliphatic heterocycles. The van der Waals surface area contributed by atoms with Gasteiger partial charge in [0.2, 0.25) is 0 Å². The zero-order valence-electron chi connectivity index (χ0n) is 9.91. The number of anilines is 1. The summed E-state index contributed by atoms with van der Waals surface area (Å²) in [5, 5.41) is 14.1. The summed E-state index contributed by atoms with van der Waals surface area (Å²) in [6, 6.07) is 7.76. The summed E-state index contributed by atoms with van der Waals surface area (Å²) in [7, 11) is 0. The quantitative estimate of drug-likeness (QED) is 0.733. The van der Waals surface area contributed by atoms with Crippen LogP contribution in [-0.4, -0.2) is 25.0 Å². The number of nitrogen functional groups attached to an aromatic ring is 1. The lowest BCUT2D eigenvalue weighted by Gasteiger charge is -2.06. The highest BCUT2D eigenvalue weighted by molar-refractivity contribution is 5.98. The Bertz CT molecular complexity index is 703. The summed E-state index contributed by atoms with van der Waals surface area (Å²) < 4.78 is 1.78. The highest BCUT2D eigenvalue weighted by atomic mass is 15.3. The molecule has 0 unspecified atom stereocenters. The van der Waals surface area contributed by atoms with Gasteiger partial charge in [0.05, 0.1) is 0 Å². The van der Waals surface area contributed by atoms with Gasteiger partial charge < -0.3 is 5.73 Å². The van der Waals surface area contributed by atoms with Gasteiger partial charge in [-0.3, -0.25) is 0 Å². The number of benzene rings is 1. The van der Waals surface area contributed by atoms with Gasteiger partial charge in [0.25, 0.3) is 0 Å². The summed E-state index contributed by atoms with van der Waals surface area (Å²) in [6.07, 6.45) is 1.52. The number of nitrogens with two attached hydrogens (primary N) is 1. The van der Waals surface area contributed by atoms with Crippen molar-refractivity contribution in [1.82, 2.24) is 25.0 Å². The lowest BCUT2D eigenvalue weighted by Crippen LogP contribution is -2.04. The number of hydrogen-bond donors (Lipinski definition) is 1. The molecule has 3 aromatic rings. The van der Waals surface area contributed by atoms with E-state index in [2.05, 4.69) is 20.3 Å². The average Bonchev–Trinajstić information content (AvgIpc) is 2.88. The predicted molar refractivity (Wildman–Crippen MR) is 68.6 cm³/mol. The third-order valence-corrected chi connectivity index (χ3v) is 2.84. The smallest absolute Gasteiger partial charge is 0.179 e. The molecule has 2 aromatic heterocycles. The molecular weight excluding hydrogens is 228 g/mol. The van der Waals surface area contributed by atoms with Gasteiger partial charge in [-0.15, -0.1) is 10.2 Å². The van der Waals surface area contributed by atoms with E-state index in [9.17, 15) is 0 Å². The predicted octanol–water partition coefficient (Wildman–Crippen LogP) is 1.49. The zero-order chi connectivity index (χ0) is 12.5. The van der Waals surface area contributed by atoms with Gasteiger partial charge >= 0.3 is 0 Å². The number of aryl methyl sites for hydroxylation is 1. The molecule has 6 nitrogen and oxygen atoms in total. The molecule has 0 aliphatic rings. The Morgan fingerprint density at radius 2 is 1.94 bits per heavy atom. The standard InChI is InChI=1S/C12H12N6/c1-2-18-12(14-7-15-18)10-8-5-3-4-6-9(8)11(13)17-16-10/h3-7H,2H2,1H3,(H2,13,17). The van der Waals surface area contributed by atoms with Crippen LogP contribution in [0.15, 0.2) is 30.6 Å². The van der Waals surface area contributed by atoms with Gasteiger partial charge in [-0.1, -0.05) is 24.3 Å². The molecule has 0 radical (unpaired) electrons. The first-order chi connectivity index (χ1) is 8.81. The van der Waals surface area contributed by atoms with Gasteiger partial charge in [0, 0.05) is 17.3 Å². The molecule has 3 rings (SSSR count). The molecule has 0 atom stereocenters. The minimum atomic E-state index is 0.428. The molecule has 6 heteroatoms. The van der Waals surface area contributed by atoms with Crippen LogP contribution in [-0.2, 0) is 6.54 Å². The van der Waals surface area contributed by atoms with Crippen molar-refractivity contribution in [2.24, 2.45) is 0 Å². The van der Waals surface area contributed by atoms with Gasteiger partial charge in [-0.05, 0) is 6.92 Å². The monoisotopic (exact) mass is 240 g/mol. The van der Waals surface area contributed by atoms with Crippen LogP contribution in [0.4, 0.5) is 5.82 Å². The SMILES string of the molecule is CCn1ncnc1-c1nnc(N)c2ccccc12. The third kappa shape index (κ3) is 1.50. The molecule has 0 amide bonds. The van der Waals surface area contributed by atoms with E-state index in [1.807, 2.05) is 31.2 Å². The van der Waals surface area contributed by atoms with Crippen LogP contribution in [0.25, 0.3) is 22.3 Å². The minimum Gasteiger partial charge on any atom is -0.382 e. The first kappa shape index (κ1) is 10.6. The van der Waals surface area contributed by atoms with E-state index >= 15 is 0 Å². The first-order valence-electron chi connectivity index (χ1n) is 5.70. The van der Waals surface area contributed by atoms with E-state index in [-0.39, 0.29) is 0 Å². The topological polar surface area (TPSA) is 82.5 Å². The van der Waals surface area contributed by atoms with E-state index < -0.39 is 0 Å². The highest BCUT2D eigenvalue weighted by Gasteiger charge is 2.13. The Balaban J connectivity index is 2.34. The van der Waals surface area contributed by atoms with Gasteiger partial charge in [-0.25, -0.2) is 9.67 Å².